The number of carboxylic acids is 1. The smallest absolute Gasteiger partial charge is 0.475 e. The van der Waals surface area contributed by atoms with E-state index in [1.165, 1.54) is 0 Å². The first kappa shape index (κ1) is 21.2. The van der Waals surface area contributed by atoms with Crippen LogP contribution in [0.3, 0.4) is 0 Å². The maximum atomic E-state index is 12.4. The molecule has 0 spiro atoms. The number of halogens is 3. The van der Waals surface area contributed by atoms with Crippen LogP contribution in [0.2, 0.25) is 0 Å². The number of aromatic nitrogens is 5. The van der Waals surface area contributed by atoms with Crippen LogP contribution in [0.1, 0.15) is 30.9 Å². The summed E-state index contributed by atoms with van der Waals surface area (Å²) in [6, 6.07) is 1.86. The molecule has 2 aromatic rings. The van der Waals surface area contributed by atoms with Crippen molar-refractivity contribution in [2.75, 3.05) is 6.54 Å². The zero-order valence-corrected chi connectivity index (χ0v) is 16.0. The number of hydrogen-bond acceptors (Lipinski definition) is 6. The summed E-state index contributed by atoms with van der Waals surface area (Å²) >= 11 is 0. The van der Waals surface area contributed by atoms with Gasteiger partial charge in [-0.25, -0.2) is 13.2 Å². The first-order valence-electron chi connectivity index (χ1n) is 8.76. The second kappa shape index (κ2) is 8.10. The number of carboxylic acid groups (broad SMARTS) is 1. The lowest BCUT2D eigenvalue weighted by Crippen LogP contribution is -2.33. The standard InChI is InChI=1S/C13H18N6O2S.C2HF3O2/c20-22(21,11-3-4-11)18-7-2-8-19-12(15-16-13(19)10-18)9-17-6-1-5-14-17;3-2(4,5)1(6)7/h1,5-6,11H,2-4,7-10H2;(H,6,7). The molecule has 1 saturated carbocycles. The Labute approximate surface area is 164 Å². The molecule has 2 aromatic heterocycles. The minimum Gasteiger partial charge on any atom is -0.475 e. The SMILES string of the molecule is O=C(O)C(F)(F)F.O=S(=O)(C1CC1)N1CCCn2c(nnc2Cn2cccn2)C1. The first-order valence-corrected chi connectivity index (χ1v) is 10.3. The summed E-state index contributed by atoms with van der Waals surface area (Å²) in [7, 11) is -3.16. The predicted molar refractivity (Wildman–Crippen MR) is 92.0 cm³/mol. The lowest BCUT2D eigenvalue weighted by molar-refractivity contribution is -0.192. The summed E-state index contributed by atoms with van der Waals surface area (Å²) in [6.07, 6.45) is 0.876. The van der Waals surface area contributed by atoms with Crippen molar-refractivity contribution in [3.05, 3.63) is 30.1 Å². The van der Waals surface area contributed by atoms with Gasteiger partial charge in [-0.05, 0) is 25.3 Å². The van der Waals surface area contributed by atoms with Gasteiger partial charge in [0.05, 0.1) is 11.8 Å². The van der Waals surface area contributed by atoms with Gasteiger partial charge < -0.3 is 9.67 Å². The van der Waals surface area contributed by atoms with Gasteiger partial charge in [-0.3, -0.25) is 4.68 Å². The van der Waals surface area contributed by atoms with E-state index in [4.69, 9.17) is 9.90 Å². The van der Waals surface area contributed by atoms with E-state index >= 15 is 0 Å². The first-order chi connectivity index (χ1) is 13.6. The van der Waals surface area contributed by atoms with E-state index < -0.39 is 22.2 Å². The average Bonchev–Trinajstić information content (AvgIpc) is 3.34. The zero-order chi connectivity index (χ0) is 21.2. The van der Waals surface area contributed by atoms with Crippen LogP contribution in [0, 0.1) is 0 Å². The van der Waals surface area contributed by atoms with Crippen LogP contribution in [0.4, 0.5) is 13.2 Å². The fourth-order valence-electron chi connectivity index (χ4n) is 2.84. The normalized spacial score (nSPS) is 17.8. The van der Waals surface area contributed by atoms with E-state index in [2.05, 4.69) is 15.3 Å². The number of fused-ring (bicyclic) bond motifs is 1. The molecule has 29 heavy (non-hydrogen) atoms. The van der Waals surface area contributed by atoms with Crippen LogP contribution < -0.4 is 0 Å². The van der Waals surface area contributed by atoms with Gasteiger partial charge in [0.15, 0.2) is 5.82 Å². The lowest BCUT2D eigenvalue weighted by Gasteiger charge is -2.18. The second-order valence-corrected chi connectivity index (χ2v) is 8.84. The molecule has 0 amide bonds. The summed E-state index contributed by atoms with van der Waals surface area (Å²) in [5.74, 6) is -1.21. The van der Waals surface area contributed by atoms with Gasteiger partial charge >= 0.3 is 12.1 Å². The van der Waals surface area contributed by atoms with E-state index in [-0.39, 0.29) is 5.25 Å². The quantitative estimate of drug-likeness (QED) is 0.754. The van der Waals surface area contributed by atoms with Crippen molar-refractivity contribution in [3.63, 3.8) is 0 Å². The Morgan fingerprint density at radius 1 is 1.24 bits per heavy atom. The maximum absolute atomic E-state index is 12.4. The molecule has 0 saturated heterocycles. The molecule has 2 aliphatic rings. The van der Waals surface area contributed by atoms with Crippen molar-refractivity contribution in [2.45, 2.75) is 50.3 Å². The van der Waals surface area contributed by atoms with Gasteiger partial charge in [0, 0.05) is 25.5 Å². The van der Waals surface area contributed by atoms with Crippen molar-refractivity contribution in [1.82, 2.24) is 28.9 Å². The highest BCUT2D eigenvalue weighted by Crippen LogP contribution is 2.32. The number of hydrogen-bond donors (Lipinski definition) is 1. The molecule has 1 aliphatic carbocycles. The molecule has 1 N–H and O–H groups in total. The van der Waals surface area contributed by atoms with Gasteiger partial charge in [0.2, 0.25) is 10.0 Å². The number of nitrogens with zero attached hydrogens (tertiary/aromatic N) is 6. The van der Waals surface area contributed by atoms with Crippen molar-refractivity contribution in [1.29, 1.82) is 0 Å². The van der Waals surface area contributed by atoms with Crippen molar-refractivity contribution >= 4 is 16.0 Å². The van der Waals surface area contributed by atoms with Crippen LogP contribution in [-0.4, -0.2) is 66.3 Å². The molecule has 0 aromatic carbocycles. The number of rotatable bonds is 4. The van der Waals surface area contributed by atoms with Gasteiger partial charge in [-0.2, -0.15) is 22.6 Å². The molecule has 0 radical (unpaired) electrons. The van der Waals surface area contributed by atoms with E-state index in [1.54, 1.807) is 15.2 Å². The Morgan fingerprint density at radius 2 is 1.93 bits per heavy atom. The van der Waals surface area contributed by atoms with Gasteiger partial charge in [0.25, 0.3) is 0 Å². The number of sulfonamides is 1. The lowest BCUT2D eigenvalue weighted by atomic mass is 10.4. The fraction of sp³-hybridized carbons (Fsp3) is 0.600. The Morgan fingerprint density at radius 3 is 2.48 bits per heavy atom. The van der Waals surface area contributed by atoms with Gasteiger partial charge in [-0.1, -0.05) is 0 Å². The molecular weight excluding hydrogens is 417 g/mol. The fourth-order valence-corrected chi connectivity index (χ4v) is 4.67. The predicted octanol–water partition coefficient (Wildman–Crippen LogP) is 0.854. The molecule has 160 valence electrons. The Bertz CT molecular complexity index is 953. The highest BCUT2D eigenvalue weighted by molar-refractivity contribution is 7.90. The van der Waals surface area contributed by atoms with Crippen LogP contribution in [0.25, 0.3) is 0 Å². The molecule has 0 bridgehead atoms. The maximum Gasteiger partial charge on any atom is 0.490 e. The number of aliphatic carboxylic acids is 1. The second-order valence-electron chi connectivity index (χ2n) is 6.62. The van der Waals surface area contributed by atoms with Gasteiger partial charge in [0.1, 0.15) is 12.4 Å². The molecule has 14 heteroatoms. The van der Waals surface area contributed by atoms with E-state index in [0.717, 1.165) is 37.5 Å². The summed E-state index contributed by atoms with van der Waals surface area (Å²) in [4.78, 5) is 8.90. The molecule has 10 nitrogen and oxygen atoms in total. The van der Waals surface area contributed by atoms with E-state index in [9.17, 15) is 21.6 Å². The van der Waals surface area contributed by atoms with Crippen molar-refractivity contribution in [2.24, 2.45) is 0 Å². The highest BCUT2D eigenvalue weighted by Gasteiger charge is 2.41. The average molecular weight is 436 g/mol. The molecule has 4 rings (SSSR count). The van der Waals surface area contributed by atoms with Crippen molar-refractivity contribution < 1.29 is 31.5 Å². The molecule has 0 unspecified atom stereocenters. The largest absolute Gasteiger partial charge is 0.490 e. The molecule has 0 atom stereocenters. The third-order valence-corrected chi connectivity index (χ3v) is 6.77. The monoisotopic (exact) mass is 436 g/mol. The molecule has 3 heterocycles. The van der Waals surface area contributed by atoms with E-state index in [1.807, 2.05) is 16.8 Å². The van der Waals surface area contributed by atoms with Crippen LogP contribution >= 0.6 is 0 Å². The third kappa shape index (κ3) is 5.12. The van der Waals surface area contributed by atoms with Gasteiger partial charge in [-0.15, -0.1) is 10.2 Å². The highest BCUT2D eigenvalue weighted by atomic mass is 32.2. The Hall–Kier alpha value is -2.48. The summed E-state index contributed by atoms with van der Waals surface area (Å²) in [6.45, 7) is 2.18. The topological polar surface area (TPSA) is 123 Å². The van der Waals surface area contributed by atoms with E-state index in [0.29, 0.717) is 19.6 Å². The minimum atomic E-state index is -5.08. The number of carbonyl (C=O) groups is 1. The Balaban J connectivity index is 0.000000298. The minimum absolute atomic E-state index is 0.175. The molecule has 1 aliphatic heterocycles. The summed E-state index contributed by atoms with van der Waals surface area (Å²) in [5.41, 5.74) is 0. The third-order valence-electron chi connectivity index (χ3n) is 4.42. The Kier molecular flexibility index (Phi) is 5.93. The van der Waals surface area contributed by atoms with Crippen LogP contribution in [-0.2, 0) is 34.5 Å². The number of alkyl halides is 3. The summed E-state index contributed by atoms with van der Waals surface area (Å²) in [5, 5.41) is 19.6. The molecule has 1 fully saturated rings. The summed E-state index contributed by atoms with van der Waals surface area (Å²) < 4.78 is 62.0. The zero-order valence-electron chi connectivity index (χ0n) is 15.2. The van der Waals surface area contributed by atoms with Crippen LogP contribution in [0.5, 0.6) is 0 Å². The molecular formula is C15H19F3N6O4S. The van der Waals surface area contributed by atoms with Crippen LogP contribution in [0.15, 0.2) is 18.5 Å². The van der Waals surface area contributed by atoms with Crippen molar-refractivity contribution in [3.8, 4) is 0 Å².